The SMILES string of the molecule is O=C(CSc1nnc(NC2CCCCC2)s1)Nc1ccc2[nH]c(=O)[nH]c2c1. The Morgan fingerprint density at radius 3 is 2.85 bits per heavy atom. The smallest absolute Gasteiger partial charge is 0.323 e. The Balaban J connectivity index is 1.28. The first-order valence-electron chi connectivity index (χ1n) is 8.90. The Morgan fingerprint density at radius 2 is 2.00 bits per heavy atom. The van der Waals surface area contributed by atoms with E-state index in [4.69, 9.17) is 0 Å². The molecule has 4 rings (SSSR count). The van der Waals surface area contributed by atoms with Gasteiger partial charge in [0, 0.05) is 11.7 Å². The Kier molecular flexibility index (Phi) is 5.44. The maximum absolute atomic E-state index is 12.2. The number of rotatable bonds is 6. The Labute approximate surface area is 163 Å². The van der Waals surface area contributed by atoms with Crippen LogP contribution in [0.2, 0.25) is 0 Å². The van der Waals surface area contributed by atoms with Crippen molar-refractivity contribution < 1.29 is 4.79 Å². The topological polar surface area (TPSA) is 116 Å². The van der Waals surface area contributed by atoms with Gasteiger partial charge >= 0.3 is 5.69 Å². The van der Waals surface area contributed by atoms with Crippen LogP contribution in [-0.4, -0.2) is 37.9 Å². The molecular formula is C17H20N6O2S2. The maximum atomic E-state index is 12.2. The van der Waals surface area contributed by atoms with Crippen LogP contribution in [0.15, 0.2) is 27.3 Å². The zero-order valence-corrected chi connectivity index (χ0v) is 16.2. The number of aromatic amines is 2. The van der Waals surface area contributed by atoms with Gasteiger partial charge in [0.05, 0.1) is 16.8 Å². The second-order valence-electron chi connectivity index (χ2n) is 6.53. The van der Waals surface area contributed by atoms with Crippen molar-refractivity contribution >= 4 is 50.9 Å². The molecule has 1 amide bonds. The van der Waals surface area contributed by atoms with Crippen LogP contribution in [0.5, 0.6) is 0 Å². The van der Waals surface area contributed by atoms with Gasteiger partial charge in [0.25, 0.3) is 0 Å². The molecule has 10 heteroatoms. The van der Waals surface area contributed by atoms with Gasteiger partial charge in [-0.25, -0.2) is 4.79 Å². The highest BCUT2D eigenvalue weighted by molar-refractivity contribution is 8.01. The van der Waals surface area contributed by atoms with Gasteiger partial charge in [0.1, 0.15) is 0 Å². The fourth-order valence-corrected chi connectivity index (χ4v) is 4.81. The number of H-pyrrole nitrogens is 2. The number of aromatic nitrogens is 4. The molecule has 4 N–H and O–H groups in total. The quantitative estimate of drug-likeness (QED) is 0.469. The first kappa shape index (κ1) is 18.1. The van der Waals surface area contributed by atoms with Crippen molar-refractivity contribution in [1.82, 2.24) is 20.2 Å². The van der Waals surface area contributed by atoms with Gasteiger partial charge in [-0.1, -0.05) is 42.4 Å². The highest BCUT2D eigenvalue weighted by atomic mass is 32.2. The summed E-state index contributed by atoms with van der Waals surface area (Å²) in [6, 6.07) is 5.73. The third-order valence-corrected chi connectivity index (χ3v) is 6.45. The molecule has 2 heterocycles. The van der Waals surface area contributed by atoms with Crippen molar-refractivity contribution in [3.8, 4) is 0 Å². The molecule has 0 aliphatic heterocycles. The van der Waals surface area contributed by atoms with Gasteiger partial charge in [0.15, 0.2) is 4.34 Å². The Hall–Kier alpha value is -2.33. The first-order chi connectivity index (χ1) is 13.2. The molecule has 1 saturated carbocycles. The minimum absolute atomic E-state index is 0.130. The number of fused-ring (bicyclic) bond motifs is 1. The van der Waals surface area contributed by atoms with Crippen LogP contribution < -0.4 is 16.3 Å². The molecule has 1 aromatic carbocycles. The van der Waals surface area contributed by atoms with Crippen molar-refractivity contribution in [1.29, 1.82) is 0 Å². The van der Waals surface area contributed by atoms with Crippen molar-refractivity contribution in [2.75, 3.05) is 16.4 Å². The number of carbonyl (C=O) groups excluding carboxylic acids is 1. The molecule has 3 aromatic rings. The number of carbonyl (C=O) groups is 1. The number of benzene rings is 1. The number of hydrogen-bond donors (Lipinski definition) is 4. The van der Waals surface area contributed by atoms with Gasteiger partial charge in [-0.15, -0.1) is 10.2 Å². The lowest BCUT2D eigenvalue weighted by Crippen LogP contribution is -2.21. The monoisotopic (exact) mass is 404 g/mol. The number of thioether (sulfide) groups is 1. The number of hydrogen-bond acceptors (Lipinski definition) is 7. The fourth-order valence-electron chi connectivity index (χ4n) is 3.18. The molecule has 0 saturated heterocycles. The summed E-state index contributed by atoms with van der Waals surface area (Å²) >= 11 is 2.85. The lowest BCUT2D eigenvalue weighted by atomic mass is 9.96. The van der Waals surface area contributed by atoms with E-state index in [0.29, 0.717) is 22.8 Å². The van der Waals surface area contributed by atoms with E-state index in [-0.39, 0.29) is 17.3 Å². The summed E-state index contributed by atoms with van der Waals surface area (Å²) in [5.41, 5.74) is 1.74. The van der Waals surface area contributed by atoms with E-state index in [2.05, 4.69) is 30.8 Å². The number of anilines is 2. The van der Waals surface area contributed by atoms with Gasteiger partial charge in [-0.05, 0) is 31.0 Å². The van der Waals surface area contributed by atoms with Gasteiger partial charge in [-0.2, -0.15) is 0 Å². The predicted molar refractivity (Wildman–Crippen MR) is 109 cm³/mol. The molecule has 0 atom stereocenters. The van der Waals surface area contributed by atoms with Gasteiger partial charge in [0.2, 0.25) is 11.0 Å². The average Bonchev–Trinajstić information content (AvgIpc) is 3.26. The van der Waals surface area contributed by atoms with Crippen LogP contribution in [0.1, 0.15) is 32.1 Å². The standard InChI is InChI=1S/C17H20N6O2S2/c24-14(18-11-6-7-12-13(8-11)21-15(25)20-12)9-26-17-23-22-16(27-17)19-10-4-2-1-3-5-10/h6-8,10H,1-5,9H2,(H,18,24)(H,19,22)(H2,20,21,25). The molecule has 1 aliphatic rings. The number of amides is 1. The normalized spacial score (nSPS) is 15.1. The summed E-state index contributed by atoms with van der Waals surface area (Å²) in [5.74, 6) is 0.119. The van der Waals surface area contributed by atoms with E-state index in [1.807, 2.05) is 0 Å². The third kappa shape index (κ3) is 4.69. The molecule has 2 aromatic heterocycles. The minimum atomic E-state index is -0.266. The van der Waals surface area contributed by atoms with E-state index < -0.39 is 0 Å². The van der Waals surface area contributed by atoms with Crippen molar-refractivity contribution in [2.45, 2.75) is 42.5 Å². The van der Waals surface area contributed by atoms with Crippen molar-refractivity contribution in [2.24, 2.45) is 0 Å². The minimum Gasteiger partial charge on any atom is -0.357 e. The first-order valence-corrected chi connectivity index (χ1v) is 10.7. The highest BCUT2D eigenvalue weighted by Gasteiger charge is 2.15. The van der Waals surface area contributed by atoms with Crippen LogP contribution in [0.4, 0.5) is 10.8 Å². The number of nitrogens with one attached hydrogen (secondary N) is 4. The molecule has 0 spiro atoms. The summed E-state index contributed by atoms with van der Waals surface area (Å²) in [4.78, 5) is 28.8. The second-order valence-corrected chi connectivity index (χ2v) is 8.73. The molecule has 1 aliphatic carbocycles. The summed E-state index contributed by atoms with van der Waals surface area (Å²) in [5, 5.41) is 15.4. The summed E-state index contributed by atoms with van der Waals surface area (Å²) in [6.45, 7) is 0. The Bertz CT molecular complexity index is 989. The molecule has 0 bridgehead atoms. The van der Waals surface area contributed by atoms with Crippen molar-refractivity contribution in [3.63, 3.8) is 0 Å². The Morgan fingerprint density at radius 1 is 1.19 bits per heavy atom. The van der Waals surface area contributed by atoms with Crippen molar-refractivity contribution in [3.05, 3.63) is 28.7 Å². The maximum Gasteiger partial charge on any atom is 0.323 e. The molecule has 0 unspecified atom stereocenters. The second kappa shape index (κ2) is 8.13. The van der Waals surface area contributed by atoms with Gasteiger partial charge in [-0.3, -0.25) is 4.79 Å². The van der Waals surface area contributed by atoms with E-state index >= 15 is 0 Å². The third-order valence-electron chi connectivity index (χ3n) is 4.47. The van der Waals surface area contributed by atoms with E-state index in [1.54, 1.807) is 18.2 Å². The summed E-state index contributed by atoms with van der Waals surface area (Å²) < 4.78 is 0.772. The van der Waals surface area contributed by atoms with Gasteiger partial charge < -0.3 is 20.6 Å². The van der Waals surface area contributed by atoms with E-state index in [1.165, 1.54) is 55.2 Å². The van der Waals surface area contributed by atoms with Crippen LogP contribution in [0.3, 0.4) is 0 Å². The average molecular weight is 405 g/mol. The summed E-state index contributed by atoms with van der Waals surface area (Å²) in [7, 11) is 0. The summed E-state index contributed by atoms with van der Waals surface area (Å²) in [6.07, 6.45) is 6.21. The molecule has 142 valence electrons. The molecule has 8 nitrogen and oxygen atoms in total. The van der Waals surface area contributed by atoms with E-state index in [9.17, 15) is 9.59 Å². The van der Waals surface area contributed by atoms with E-state index in [0.717, 1.165) is 9.47 Å². The zero-order valence-electron chi connectivity index (χ0n) is 14.6. The van der Waals surface area contributed by atoms with Crippen LogP contribution in [-0.2, 0) is 4.79 Å². The van der Waals surface area contributed by atoms with Crippen LogP contribution in [0.25, 0.3) is 11.0 Å². The van der Waals surface area contributed by atoms with Crippen LogP contribution in [0, 0.1) is 0 Å². The lowest BCUT2D eigenvalue weighted by molar-refractivity contribution is -0.113. The highest BCUT2D eigenvalue weighted by Crippen LogP contribution is 2.28. The number of nitrogens with zero attached hydrogens (tertiary/aromatic N) is 2. The fraction of sp³-hybridized carbons (Fsp3) is 0.412. The zero-order chi connectivity index (χ0) is 18.6. The predicted octanol–water partition coefficient (Wildman–Crippen LogP) is 3.18. The van der Waals surface area contributed by atoms with Crippen LogP contribution >= 0.6 is 23.1 Å². The lowest BCUT2D eigenvalue weighted by Gasteiger charge is -2.21. The molecule has 1 fully saturated rings. The molecule has 0 radical (unpaired) electrons. The molecular weight excluding hydrogens is 384 g/mol. The number of imidazole rings is 1. The molecule has 27 heavy (non-hydrogen) atoms. The largest absolute Gasteiger partial charge is 0.357 e.